The highest BCUT2D eigenvalue weighted by atomic mass is 19.3. The molecule has 0 saturated heterocycles. The van der Waals surface area contributed by atoms with Crippen LogP contribution in [0.3, 0.4) is 0 Å². The lowest BCUT2D eigenvalue weighted by Gasteiger charge is -2.27. The molecule has 0 bridgehead atoms. The number of anilines is 1. The van der Waals surface area contributed by atoms with Crippen LogP contribution < -0.4 is 15.8 Å². The third kappa shape index (κ3) is 4.30. The molecule has 1 fully saturated rings. The molecule has 24 heavy (non-hydrogen) atoms. The number of carbonyl (C=O) groups excluding carboxylic acids is 1. The number of nitrogens with one attached hydrogen (secondary N) is 1. The Hall–Kier alpha value is -2.45. The van der Waals surface area contributed by atoms with E-state index in [0.717, 1.165) is 37.8 Å². The van der Waals surface area contributed by atoms with Crippen molar-refractivity contribution < 1.29 is 23.2 Å². The van der Waals surface area contributed by atoms with Crippen molar-refractivity contribution >= 4 is 17.3 Å². The van der Waals surface area contributed by atoms with Crippen molar-refractivity contribution in [2.45, 2.75) is 45.3 Å². The maximum absolute atomic E-state index is 12.5. The van der Waals surface area contributed by atoms with E-state index in [1.54, 1.807) is 0 Å². The Morgan fingerprint density at radius 2 is 2.00 bits per heavy atom. The normalized spacial score (nSPS) is 20.7. The number of nitro groups is 1. The van der Waals surface area contributed by atoms with Gasteiger partial charge in [0.25, 0.3) is 11.6 Å². The smallest absolute Gasteiger partial charge is 0.387 e. The Morgan fingerprint density at radius 1 is 1.38 bits per heavy atom. The number of alkyl halides is 2. The molecule has 1 aromatic carbocycles. The number of amides is 1. The number of nitrogen functional groups attached to an aromatic ring is 1. The summed E-state index contributed by atoms with van der Waals surface area (Å²) in [4.78, 5) is 22.4. The third-order valence-corrected chi connectivity index (χ3v) is 4.14. The summed E-state index contributed by atoms with van der Waals surface area (Å²) < 4.78 is 29.4. The molecule has 1 aliphatic rings. The summed E-state index contributed by atoms with van der Waals surface area (Å²) >= 11 is 0. The van der Waals surface area contributed by atoms with E-state index in [1.165, 1.54) is 0 Å². The molecule has 132 valence electrons. The number of hydrogen-bond acceptors (Lipinski definition) is 5. The summed E-state index contributed by atoms with van der Waals surface area (Å²) in [5.41, 5.74) is 4.43. The minimum atomic E-state index is -3.21. The fraction of sp³-hybridized carbons (Fsp3) is 0.533. The molecule has 0 unspecified atom stereocenters. The highest BCUT2D eigenvalue weighted by Gasteiger charge is 2.26. The second kappa shape index (κ2) is 7.41. The number of carbonyl (C=O) groups is 1. The van der Waals surface area contributed by atoms with Crippen LogP contribution in [0.1, 0.15) is 43.0 Å². The fourth-order valence-corrected chi connectivity index (χ4v) is 2.78. The van der Waals surface area contributed by atoms with Crippen LogP contribution in [0, 0.1) is 16.0 Å². The van der Waals surface area contributed by atoms with Crippen LogP contribution in [-0.2, 0) is 0 Å². The average Bonchev–Trinajstić information content (AvgIpc) is 2.50. The van der Waals surface area contributed by atoms with Crippen LogP contribution in [0.4, 0.5) is 20.2 Å². The van der Waals surface area contributed by atoms with Gasteiger partial charge in [-0.3, -0.25) is 14.9 Å². The lowest BCUT2D eigenvalue weighted by atomic mass is 9.87. The summed E-state index contributed by atoms with van der Waals surface area (Å²) in [5, 5.41) is 13.6. The maximum atomic E-state index is 12.5. The number of rotatable bonds is 5. The van der Waals surface area contributed by atoms with Crippen LogP contribution in [0.15, 0.2) is 12.1 Å². The molecule has 0 spiro atoms. The van der Waals surface area contributed by atoms with Crippen molar-refractivity contribution in [3.63, 3.8) is 0 Å². The fourth-order valence-electron chi connectivity index (χ4n) is 2.78. The first-order chi connectivity index (χ1) is 11.3. The Labute approximate surface area is 137 Å². The van der Waals surface area contributed by atoms with Crippen LogP contribution in [0.2, 0.25) is 0 Å². The predicted octanol–water partition coefficient (Wildman–Crippen LogP) is 3.09. The molecule has 3 N–H and O–H groups in total. The molecule has 0 radical (unpaired) electrons. The standard InChI is InChI=1S/C15H19F2N3O4/c1-8-2-4-9(5-3-8)19-14(21)10-6-11(18)12(20(22)23)7-13(10)24-15(16)17/h6-9,15H,2-5,18H2,1H3,(H,19,21). The number of benzene rings is 1. The highest BCUT2D eigenvalue weighted by molar-refractivity contribution is 5.99. The second-order valence-corrected chi connectivity index (χ2v) is 5.97. The largest absolute Gasteiger partial charge is 0.434 e. The quantitative estimate of drug-likeness (QED) is 0.485. The van der Waals surface area contributed by atoms with Gasteiger partial charge in [-0.25, -0.2) is 0 Å². The Bertz CT molecular complexity index is 631. The van der Waals surface area contributed by atoms with Crippen LogP contribution >= 0.6 is 0 Å². The number of hydrogen-bond donors (Lipinski definition) is 2. The molecular weight excluding hydrogens is 324 g/mol. The highest BCUT2D eigenvalue weighted by Crippen LogP contribution is 2.32. The van der Waals surface area contributed by atoms with E-state index in [2.05, 4.69) is 17.0 Å². The zero-order valence-corrected chi connectivity index (χ0v) is 13.1. The number of ether oxygens (including phenoxy) is 1. The molecule has 0 heterocycles. The van der Waals surface area contributed by atoms with E-state index in [-0.39, 0.29) is 17.3 Å². The van der Waals surface area contributed by atoms with Gasteiger partial charge in [-0.2, -0.15) is 8.78 Å². The van der Waals surface area contributed by atoms with Gasteiger partial charge in [0.1, 0.15) is 11.4 Å². The molecule has 0 aliphatic heterocycles. The average molecular weight is 343 g/mol. The Balaban J connectivity index is 2.24. The van der Waals surface area contributed by atoms with Gasteiger partial charge in [0.2, 0.25) is 0 Å². The van der Waals surface area contributed by atoms with Gasteiger partial charge in [0.15, 0.2) is 0 Å². The minimum absolute atomic E-state index is 0.0653. The summed E-state index contributed by atoms with van der Waals surface area (Å²) in [7, 11) is 0. The summed E-state index contributed by atoms with van der Waals surface area (Å²) in [6, 6.07) is 1.68. The summed E-state index contributed by atoms with van der Waals surface area (Å²) in [6.07, 6.45) is 3.52. The van der Waals surface area contributed by atoms with Crippen molar-refractivity contribution in [3.8, 4) is 5.75 Å². The van der Waals surface area contributed by atoms with E-state index in [1.807, 2.05) is 0 Å². The van der Waals surface area contributed by atoms with Crippen LogP contribution in [0.25, 0.3) is 0 Å². The lowest BCUT2D eigenvalue weighted by Crippen LogP contribution is -2.37. The second-order valence-electron chi connectivity index (χ2n) is 5.97. The summed E-state index contributed by atoms with van der Waals surface area (Å²) in [6.45, 7) is -1.08. The van der Waals surface area contributed by atoms with Gasteiger partial charge in [-0.05, 0) is 37.7 Å². The summed E-state index contributed by atoms with van der Waals surface area (Å²) in [5.74, 6) is -0.606. The van der Waals surface area contributed by atoms with E-state index in [9.17, 15) is 23.7 Å². The topological polar surface area (TPSA) is 107 Å². The van der Waals surface area contributed by atoms with Crippen molar-refractivity contribution in [1.29, 1.82) is 0 Å². The first kappa shape index (κ1) is 17.9. The van der Waals surface area contributed by atoms with E-state index < -0.39 is 28.9 Å². The number of nitro benzene ring substituents is 1. The Kier molecular flexibility index (Phi) is 5.53. The SMILES string of the molecule is CC1CCC(NC(=O)c2cc(N)c([N+](=O)[O-])cc2OC(F)F)CC1. The molecule has 7 nitrogen and oxygen atoms in total. The molecule has 9 heteroatoms. The van der Waals surface area contributed by atoms with Gasteiger partial charge in [0.05, 0.1) is 16.6 Å². The lowest BCUT2D eigenvalue weighted by molar-refractivity contribution is -0.384. The van der Waals surface area contributed by atoms with Crippen molar-refractivity contribution in [1.82, 2.24) is 5.32 Å². The van der Waals surface area contributed by atoms with Crippen LogP contribution in [-0.4, -0.2) is 23.5 Å². The third-order valence-electron chi connectivity index (χ3n) is 4.14. The zero-order chi connectivity index (χ0) is 17.9. The van der Waals surface area contributed by atoms with Crippen LogP contribution in [0.5, 0.6) is 5.75 Å². The first-order valence-electron chi connectivity index (χ1n) is 7.61. The molecule has 0 aromatic heterocycles. The van der Waals surface area contributed by atoms with Gasteiger partial charge in [0, 0.05) is 6.04 Å². The Morgan fingerprint density at radius 3 is 2.54 bits per heavy atom. The van der Waals surface area contributed by atoms with Crippen molar-refractivity contribution in [3.05, 3.63) is 27.8 Å². The molecular formula is C15H19F2N3O4. The molecule has 2 rings (SSSR count). The monoisotopic (exact) mass is 343 g/mol. The van der Waals surface area contributed by atoms with Gasteiger partial charge >= 0.3 is 6.61 Å². The van der Waals surface area contributed by atoms with E-state index >= 15 is 0 Å². The van der Waals surface area contributed by atoms with Gasteiger partial charge in [-0.1, -0.05) is 6.92 Å². The number of halogens is 2. The number of nitrogens with zero attached hydrogens (tertiary/aromatic N) is 1. The molecule has 1 saturated carbocycles. The maximum Gasteiger partial charge on any atom is 0.387 e. The molecule has 0 atom stereocenters. The molecule has 1 aromatic rings. The molecule has 1 amide bonds. The predicted molar refractivity (Wildman–Crippen MR) is 83.0 cm³/mol. The van der Waals surface area contributed by atoms with Crippen molar-refractivity contribution in [2.75, 3.05) is 5.73 Å². The zero-order valence-electron chi connectivity index (χ0n) is 13.1. The first-order valence-corrected chi connectivity index (χ1v) is 7.61. The minimum Gasteiger partial charge on any atom is -0.434 e. The van der Waals surface area contributed by atoms with E-state index in [4.69, 9.17) is 5.73 Å². The van der Waals surface area contributed by atoms with E-state index in [0.29, 0.717) is 5.92 Å². The molecule has 1 aliphatic carbocycles. The van der Waals surface area contributed by atoms with Crippen molar-refractivity contribution in [2.24, 2.45) is 5.92 Å². The van der Waals surface area contributed by atoms with Gasteiger partial charge < -0.3 is 15.8 Å². The van der Waals surface area contributed by atoms with Gasteiger partial charge in [-0.15, -0.1) is 0 Å². The number of nitrogens with two attached hydrogens (primary N) is 1.